The van der Waals surface area contributed by atoms with Crippen LogP contribution in [0.4, 0.5) is 17.1 Å². The van der Waals surface area contributed by atoms with Crippen molar-refractivity contribution in [3.05, 3.63) is 176 Å². The molecular weight excluding hydrogens is 583 g/mol. The lowest BCUT2D eigenvalue weighted by molar-refractivity contribution is 0.672. The van der Waals surface area contributed by atoms with Gasteiger partial charge in [0.1, 0.15) is 11.2 Å². The highest BCUT2D eigenvalue weighted by molar-refractivity contribution is 6.23. The molecule has 0 aliphatic rings. The summed E-state index contributed by atoms with van der Waals surface area (Å²) < 4.78 is 6.36. The average Bonchev–Trinajstić information content (AvgIpc) is 3.54. The van der Waals surface area contributed by atoms with Gasteiger partial charge in [0.15, 0.2) is 0 Å². The fraction of sp³-hybridized carbons (Fsp3) is 0. The fourth-order valence-electron chi connectivity index (χ4n) is 7.56. The molecule has 2 nitrogen and oxygen atoms in total. The summed E-state index contributed by atoms with van der Waals surface area (Å²) >= 11 is 0. The first-order valence-corrected chi connectivity index (χ1v) is 16.4. The van der Waals surface area contributed by atoms with Crippen LogP contribution in [0.2, 0.25) is 0 Å². The molecule has 0 bridgehead atoms. The van der Waals surface area contributed by atoms with Gasteiger partial charge in [-0.15, -0.1) is 0 Å². The Morgan fingerprint density at radius 3 is 1.81 bits per heavy atom. The lowest BCUT2D eigenvalue weighted by Gasteiger charge is -2.26. The number of hydrogen-bond donors (Lipinski definition) is 0. The summed E-state index contributed by atoms with van der Waals surface area (Å²) in [5, 5.41) is 12.2. The van der Waals surface area contributed by atoms with E-state index in [1.807, 2.05) is 12.1 Å². The van der Waals surface area contributed by atoms with Crippen LogP contribution in [0, 0.1) is 0 Å². The summed E-state index contributed by atoms with van der Waals surface area (Å²) in [4.78, 5) is 2.33. The second kappa shape index (κ2) is 10.6. The molecule has 0 saturated carbocycles. The second-order valence-electron chi connectivity index (χ2n) is 12.5. The number of anilines is 3. The molecule has 48 heavy (non-hydrogen) atoms. The summed E-state index contributed by atoms with van der Waals surface area (Å²) in [6.07, 6.45) is 0. The molecular formula is C46H29NO. The van der Waals surface area contributed by atoms with Crippen LogP contribution in [0.15, 0.2) is 180 Å². The van der Waals surface area contributed by atoms with Gasteiger partial charge in [-0.1, -0.05) is 115 Å². The van der Waals surface area contributed by atoms with Gasteiger partial charge >= 0.3 is 0 Å². The number of fused-ring (bicyclic) bond motifs is 10. The Kier molecular flexibility index (Phi) is 5.91. The third-order valence-electron chi connectivity index (χ3n) is 9.80. The van der Waals surface area contributed by atoms with E-state index >= 15 is 0 Å². The number of benzene rings is 9. The normalized spacial score (nSPS) is 11.8. The highest BCUT2D eigenvalue weighted by Crippen LogP contribution is 2.42. The van der Waals surface area contributed by atoms with Crippen molar-refractivity contribution in [2.45, 2.75) is 0 Å². The first-order chi connectivity index (χ1) is 23.8. The molecule has 0 radical (unpaired) electrons. The Morgan fingerprint density at radius 1 is 0.354 bits per heavy atom. The maximum atomic E-state index is 6.36. The molecule has 0 aliphatic carbocycles. The zero-order chi connectivity index (χ0) is 31.6. The molecule has 0 amide bonds. The third-order valence-corrected chi connectivity index (χ3v) is 9.80. The number of furan rings is 1. The molecule has 1 aromatic heterocycles. The summed E-state index contributed by atoms with van der Waals surface area (Å²) in [5.74, 6) is 0. The van der Waals surface area contributed by atoms with E-state index in [0.29, 0.717) is 0 Å². The van der Waals surface area contributed by atoms with Gasteiger partial charge in [-0.25, -0.2) is 0 Å². The van der Waals surface area contributed by atoms with Crippen molar-refractivity contribution in [1.82, 2.24) is 0 Å². The van der Waals surface area contributed by atoms with Gasteiger partial charge in [0, 0.05) is 33.2 Å². The summed E-state index contributed by atoms with van der Waals surface area (Å²) in [6, 6.07) is 63.3. The lowest BCUT2D eigenvalue weighted by atomic mass is 9.90. The molecule has 0 saturated heterocycles. The van der Waals surface area contributed by atoms with E-state index in [2.05, 4.69) is 169 Å². The minimum Gasteiger partial charge on any atom is -0.455 e. The largest absolute Gasteiger partial charge is 0.455 e. The van der Waals surface area contributed by atoms with E-state index < -0.39 is 0 Å². The Morgan fingerprint density at radius 2 is 0.958 bits per heavy atom. The van der Waals surface area contributed by atoms with Crippen LogP contribution in [0.5, 0.6) is 0 Å². The minimum atomic E-state index is 0.919. The van der Waals surface area contributed by atoms with Crippen LogP contribution < -0.4 is 4.90 Å². The molecule has 0 unspecified atom stereocenters. The van der Waals surface area contributed by atoms with E-state index in [0.717, 1.165) is 49.8 Å². The van der Waals surface area contributed by atoms with Crippen molar-refractivity contribution < 1.29 is 4.42 Å². The molecule has 9 aromatic carbocycles. The third kappa shape index (κ3) is 4.13. The lowest BCUT2D eigenvalue weighted by Crippen LogP contribution is -2.09. The van der Waals surface area contributed by atoms with E-state index in [9.17, 15) is 0 Å². The van der Waals surface area contributed by atoms with Crippen LogP contribution in [0.3, 0.4) is 0 Å². The molecule has 0 N–H and O–H groups in total. The van der Waals surface area contributed by atoms with Gasteiger partial charge in [-0.3, -0.25) is 0 Å². The number of hydrogen-bond acceptors (Lipinski definition) is 2. The van der Waals surface area contributed by atoms with Crippen molar-refractivity contribution in [3.8, 4) is 11.1 Å². The SMILES string of the molecule is c1ccc(N(c2ccc(-c3cc4ccccc4c4ccc5ccccc5c34)cc2)c2ccc3c(ccc4c5ccccc5oc34)c2)cc1. The van der Waals surface area contributed by atoms with Gasteiger partial charge in [0.05, 0.1) is 0 Å². The van der Waals surface area contributed by atoms with E-state index in [1.54, 1.807) is 0 Å². The van der Waals surface area contributed by atoms with Crippen LogP contribution in [0.1, 0.15) is 0 Å². The topological polar surface area (TPSA) is 16.4 Å². The second-order valence-corrected chi connectivity index (χ2v) is 12.5. The Labute approximate surface area is 277 Å². The number of nitrogens with zero attached hydrogens (tertiary/aromatic N) is 1. The molecule has 1 heterocycles. The van der Waals surface area contributed by atoms with Crippen LogP contribution in [-0.2, 0) is 0 Å². The van der Waals surface area contributed by atoms with Gasteiger partial charge in [-0.05, 0) is 109 Å². The number of rotatable bonds is 4. The maximum absolute atomic E-state index is 6.36. The van der Waals surface area contributed by atoms with E-state index in [-0.39, 0.29) is 0 Å². The number of para-hydroxylation sites is 2. The van der Waals surface area contributed by atoms with Crippen molar-refractivity contribution in [3.63, 3.8) is 0 Å². The standard InChI is InChI=1S/C46H29NO/c1-2-12-34(13-3-1)47(36-24-27-39-33(28-36)21-26-42-40-16-8-9-17-44(40)48-46(39)42)35-22-18-31(19-23-35)43-29-32-11-5-6-14-37(32)41-25-20-30-10-4-7-15-38(30)45(41)43/h1-29H. The molecule has 0 fully saturated rings. The van der Waals surface area contributed by atoms with Crippen molar-refractivity contribution in [2.75, 3.05) is 4.90 Å². The van der Waals surface area contributed by atoms with Crippen LogP contribution >= 0.6 is 0 Å². The first kappa shape index (κ1) is 26.8. The fourth-order valence-corrected chi connectivity index (χ4v) is 7.56. The van der Waals surface area contributed by atoms with Gasteiger partial charge in [0.2, 0.25) is 0 Å². The Balaban J connectivity index is 1.13. The Bertz CT molecular complexity index is 2830. The monoisotopic (exact) mass is 611 g/mol. The average molecular weight is 612 g/mol. The Hall–Kier alpha value is -6.38. The van der Waals surface area contributed by atoms with E-state index in [4.69, 9.17) is 4.42 Å². The summed E-state index contributed by atoms with van der Waals surface area (Å²) in [6.45, 7) is 0. The van der Waals surface area contributed by atoms with E-state index in [1.165, 1.54) is 43.4 Å². The summed E-state index contributed by atoms with van der Waals surface area (Å²) in [7, 11) is 0. The quantitative estimate of drug-likeness (QED) is 0.184. The molecule has 0 atom stereocenters. The van der Waals surface area contributed by atoms with Crippen molar-refractivity contribution in [2.24, 2.45) is 0 Å². The predicted molar refractivity (Wildman–Crippen MR) is 204 cm³/mol. The molecule has 10 rings (SSSR count). The predicted octanol–water partition coefficient (Wildman–Crippen LogP) is 13.3. The van der Waals surface area contributed by atoms with Gasteiger partial charge in [-0.2, -0.15) is 0 Å². The van der Waals surface area contributed by atoms with Gasteiger partial charge < -0.3 is 9.32 Å². The summed E-state index contributed by atoms with van der Waals surface area (Å²) in [5.41, 5.74) is 7.61. The maximum Gasteiger partial charge on any atom is 0.143 e. The molecule has 2 heteroatoms. The zero-order valence-electron chi connectivity index (χ0n) is 26.1. The van der Waals surface area contributed by atoms with Crippen LogP contribution in [0.25, 0.3) is 76.2 Å². The minimum absolute atomic E-state index is 0.919. The first-order valence-electron chi connectivity index (χ1n) is 16.4. The highest BCUT2D eigenvalue weighted by atomic mass is 16.3. The molecule has 10 aromatic rings. The van der Waals surface area contributed by atoms with Crippen molar-refractivity contribution in [1.29, 1.82) is 0 Å². The van der Waals surface area contributed by atoms with Gasteiger partial charge in [0.25, 0.3) is 0 Å². The molecule has 0 aliphatic heterocycles. The molecule has 0 spiro atoms. The smallest absolute Gasteiger partial charge is 0.143 e. The highest BCUT2D eigenvalue weighted by Gasteiger charge is 2.17. The van der Waals surface area contributed by atoms with Crippen molar-refractivity contribution >= 4 is 82.1 Å². The van der Waals surface area contributed by atoms with Crippen LogP contribution in [-0.4, -0.2) is 0 Å². The molecule has 224 valence electrons. The zero-order valence-corrected chi connectivity index (χ0v) is 26.1.